The van der Waals surface area contributed by atoms with Gasteiger partial charge in [-0.15, -0.1) is 11.3 Å². The second-order valence-corrected chi connectivity index (χ2v) is 7.81. The van der Waals surface area contributed by atoms with E-state index in [1.807, 2.05) is 0 Å². The Balaban J connectivity index is 1.68. The molecular weight excluding hydrogens is 374 g/mol. The Morgan fingerprint density at radius 2 is 2.11 bits per heavy atom. The third-order valence-electron chi connectivity index (χ3n) is 3.35. The van der Waals surface area contributed by atoms with E-state index in [4.69, 9.17) is 0 Å². The summed E-state index contributed by atoms with van der Waals surface area (Å²) in [6, 6.07) is 11.5. The summed E-state index contributed by atoms with van der Waals surface area (Å²) in [6.07, 6.45) is 2.42. The molecule has 0 aliphatic heterocycles. The SMILES string of the molecule is Brc1cc(CNC2CCc3ccccc32)sc1Br. The number of thiophene rings is 1. The Bertz CT molecular complexity index is 545. The van der Waals surface area contributed by atoms with E-state index < -0.39 is 0 Å². The van der Waals surface area contributed by atoms with Crippen LogP contribution in [-0.2, 0) is 13.0 Å². The zero-order chi connectivity index (χ0) is 12.5. The van der Waals surface area contributed by atoms with Gasteiger partial charge in [-0.2, -0.15) is 0 Å². The number of benzene rings is 1. The minimum absolute atomic E-state index is 0.515. The van der Waals surface area contributed by atoms with Gasteiger partial charge < -0.3 is 5.32 Å². The smallest absolute Gasteiger partial charge is 0.0843 e. The normalized spacial score (nSPS) is 18.0. The van der Waals surface area contributed by atoms with E-state index in [1.54, 1.807) is 11.3 Å². The maximum absolute atomic E-state index is 3.66. The number of aryl methyl sites for hydroxylation is 1. The number of hydrogen-bond donors (Lipinski definition) is 1. The average molecular weight is 387 g/mol. The van der Waals surface area contributed by atoms with Crippen molar-refractivity contribution in [3.8, 4) is 0 Å². The van der Waals surface area contributed by atoms with E-state index in [1.165, 1.54) is 32.6 Å². The van der Waals surface area contributed by atoms with Crippen LogP contribution in [0, 0.1) is 0 Å². The number of halogens is 2. The quantitative estimate of drug-likeness (QED) is 0.778. The predicted molar refractivity (Wildman–Crippen MR) is 84.1 cm³/mol. The van der Waals surface area contributed by atoms with Crippen molar-refractivity contribution in [1.29, 1.82) is 0 Å². The molecule has 1 atom stereocenters. The van der Waals surface area contributed by atoms with Crippen LogP contribution in [0.2, 0.25) is 0 Å². The van der Waals surface area contributed by atoms with Crippen molar-refractivity contribution in [2.75, 3.05) is 0 Å². The van der Waals surface area contributed by atoms with Gasteiger partial charge >= 0.3 is 0 Å². The largest absolute Gasteiger partial charge is 0.305 e. The standard InChI is InChI=1S/C14H13Br2NS/c15-12-7-10(18-14(12)16)8-17-13-6-5-9-3-1-2-4-11(9)13/h1-4,7,13,17H,5-6,8H2. The van der Waals surface area contributed by atoms with Crippen LogP contribution in [0.1, 0.15) is 28.5 Å². The minimum Gasteiger partial charge on any atom is -0.305 e. The van der Waals surface area contributed by atoms with Gasteiger partial charge in [-0.25, -0.2) is 0 Å². The third kappa shape index (κ3) is 2.57. The molecule has 0 amide bonds. The maximum atomic E-state index is 3.66. The van der Waals surface area contributed by atoms with Gasteiger partial charge in [-0.3, -0.25) is 0 Å². The van der Waals surface area contributed by atoms with E-state index >= 15 is 0 Å². The molecule has 3 rings (SSSR count). The van der Waals surface area contributed by atoms with Crippen LogP contribution in [0.5, 0.6) is 0 Å². The monoisotopic (exact) mass is 385 g/mol. The van der Waals surface area contributed by atoms with Gasteiger partial charge in [-0.1, -0.05) is 24.3 Å². The molecule has 1 aromatic carbocycles. The van der Waals surface area contributed by atoms with E-state index in [-0.39, 0.29) is 0 Å². The van der Waals surface area contributed by atoms with Crippen LogP contribution in [0.15, 0.2) is 38.6 Å². The fraction of sp³-hybridized carbons (Fsp3) is 0.286. The maximum Gasteiger partial charge on any atom is 0.0843 e. The highest BCUT2D eigenvalue weighted by molar-refractivity contribution is 9.13. The van der Waals surface area contributed by atoms with Crippen LogP contribution in [0.3, 0.4) is 0 Å². The molecular formula is C14H13Br2NS. The Morgan fingerprint density at radius 3 is 2.89 bits per heavy atom. The molecule has 1 aromatic heterocycles. The second kappa shape index (κ2) is 5.45. The predicted octanol–water partition coefficient (Wildman–Crippen LogP) is 5.05. The van der Waals surface area contributed by atoms with E-state index in [0.717, 1.165) is 11.0 Å². The highest BCUT2D eigenvalue weighted by Crippen LogP contribution is 2.34. The van der Waals surface area contributed by atoms with Crippen molar-refractivity contribution in [2.45, 2.75) is 25.4 Å². The summed E-state index contributed by atoms with van der Waals surface area (Å²) in [5, 5.41) is 3.66. The van der Waals surface area contributed by atoms with E-state index in [0.29, 0.717) is 6.04 Å². The van der Waals surface area contributed by atoms with Crippen molar-refractivity contribution in [3.05, 3.63) is 54.6 Å². The zero-order valence-electron chi connectivity index (χ0n) is 9.75. The lowest BCUT2D eigenvalue weighted by molar-refractivity contribution is 0.533. The number of rotatable bonds is 3. The summed E-state index contributed by atoms with van der Waals surface area (Å²) in [6.45, 7) is 0.938. The lowest BCUT2D eigenvalue weighted by Gasteiger charge is -2.13. The second-order valence-electron chi connectivity index (χ2n) is 4.51. The average Bonchev–Trinajstić information content (AvgIpc) is 2.92. The number of nitrogens with one attached hydrogen (secondary N) is 1. The molecule has 1 aliphatic carbocycles. The van der Waals surface area contributed by atoms with Crippen molar-refractivity contribution in [2.24, 2.45) is 0 Å². The van der Waals surface area contributed by atoms with Crippen LogP contribution in [-0.4, -0.2) is 0 Å². The van der Waals surface area contributed by atoms with Gasteiger partial charge in [0.2, 0.25) is 0 Å². The van der Waals surface area contributed by atoms with E-state index in [2.05, 4.69) is 67.5 Å². The van der Waals surface area contributed by atoms with E-state index in [9.17, 15) is 0 Å². The first kappa shape index (κ1) is 12.9. The fourth-order valence-electron chi connectivity index (χ4n) is 2.47. The van der Waals surface area contributed by atoms with Crippen molar-refractivity contribution in [1.82, 2.24) is 5.32 Å². The summed E-state index contributed by atoms with van der Waals surface area (Å²) < 4.78 is 2.32. The number of hydrogen-bond acceptors (Lipinski definition) is 2. The Kier molecular flexibility index (Phi) is 3.89. The summed E-state index contributed by atoms with van der Waals surface area (Å²) in [5.41, 5.74) is 2.98. The highest BCUT2D eigenvalue weighted by Gasteiger charge is 2.21. The first-order valence-electron chi connectivity index (χ1n) is 5.99. The molecule has 18 heavy (non-hydrogen) atoms. The fourth-order valence-corrected chi connectivity index (χ4v) is 4.60. The zero-order valence-corrected chi connectivity index (χ0v) is 13.7. The molecule has 0 spiro atoms. The molecule has 1 aliphatic rings. The van der Waals surface area contributed by atoms with Gasteiger partial charge in [0, 0.05) is 21.9 Å². The molecule has 2 aromatic rings. The molecule has 94 valence electrons. The Labute approximate surface area is 128 Å². The molecule has 1 N–H and O–H groups in total. The molecule has 1 heterocycles. The summed E-state index contributed by atoms with van der Waals surface area (Å²) in [4.78, 5) is 1.36. The molecule has 0 saturated carbocycles. The van der Waals surface area contributed by atoms with Gasteiger partial charge in [-0.05, 0) is 61.9 Å². The first-order valence-corrected chi connectivity index (χ1v) is 8.39. The van der Waals surface area contributed by atoms with Crippen molar-refractivity contribution in [3.63, 3.8) is 0 Å². The van der Waals surface area contributed by atoms with Gasteiger partial charge in [0.1, 0.15) is 0 Å². The summed E-state index contributed by atoms with van der Waals surface area (Å²) in [7, 11) is 0. The van der Waals surface area contributed by atoms with Gasteiger partial charge in [0.15, 0.2) is 0 Å². The molecule has 1 unspecified atom stereocenters. The van der Waals surface area contributed by atoms with Gasteiger partial charge in [0.05, 0.1) is 3.79 Å². The summed E-state index contributed by atoms with van der Waals surface area (Å²) in [5.74, 6) is 0. The van der Waals surface area contributed by atoms with Crippen LogP contribution < -0.4 is 5.32 Å². The molecule has 0 radical (unpaired) electrons. The summed E-state index contributed by atoms with van der Waals surface area (Å²) >= 11 is 8.86. The van der Waals surface area contributed by atoms with Crippen LogP contribution in [0.4, 0.5) is 0 Å². The molecule has 0 saturated heterocycles. The third-order valence-corrected chi connectivity index (χ3v) is 6.61. The van der Waals surface area contributed by atoms with Crippen LogP contribution >= 0.6 is 43.2 Å². The highest BCUT2D eigenvalue weighted by atomic mass is 79.9. The van der Waals surface area contributed by atoms with Crippen molar-refractivity contribution >= 4 is 43.2 Å². The number of fused-ring (bicyclic) bond motifs is 1. The molecule has 4 heteroatoms. The minimum atomic E-state index is 0.515. The molecule has 0 bridgehead atoms. The topological polar surface area (TPSA) is 12.0 Å². The molecule has 0 fully saturated rings. The van der Waals surface area contributed by atoms with Gasteiger partial charge in [0.25, 0.3) is 0 Å². The lowest BCUT2D eigenvalue weighted by Crippen LogP contribution is -2.17. The first-order chi connectivity index (χ1) is 8.74. The van der Waals surface area contributed by atoms with Crippen LogP contribution in [0.25, 0.3) is 0 Å². The lowest BCUT2D eigenvalue weighted by atomic mass is 10.1. The van der Waals surface area contributed by atoms with Crippen molar-refractivity contribution < 1.29 is 0 Å². The molecule has 1 nitrogen and oxygen atoms in total. The Hall–Kier alpha value is -0.160. The Morgan fingerprint density at radius 1 is 1.28 bits per heavy atom.